The van der Waals surface area contributed by atoms with Crippen molar-refractivity contribution < 1.29 is 14.3 Å². The summed E-state index contributed by atoms with van der Waals surface area (Å²) in [4.78, 5) is 28.5. The topological polar surface area (TPSA) is 49.9 Å². The molecule has 1 heterocycles. The van der Waals surface area contributed by atoms with Crippen molar-refractivity contribution in [2.75, 3.05) is 32.8 Å². The third kappa shape index (κ3) is 4.88. The fourth-order valence-electron chi connectivity index (χ4n) is 3.20. The first-order valence-electron chi connectivity index (χ1n) is 9.33. The number of nitrogens with zero attached hydrogens (tertiary/aromatic N) is 2. The van der Waals surface area contributed by atoms with Gasteiger partial charge in [-0.1, -0.05) is 42.5 Å². The molecular formula is C22H26N2O3. The van der Waals surface area contributed by atoms with Gasteiger partial charge in [0.2, 0.25) is 5.91 Å². The molecule has 0 N–H and O–H groups in total. The van der Waals surface area contributed by atoms with E-state index in [9.17, 15) is 9.59 Å². The van der Waals surface area contributed by atoms with Crippen LogP contribution in [0.25, 0.3) is 0 Å². The number of piperazine rings is 1. The largest absolute Gasteiger partial charge is 0.483 e. The Balaban J connectivity index is 1.46. The van der Waals surface area contributed by atoms with Gasteiger partial charge in [0.25, 0.3) is 5.91 Å². The normalized spacial score (nSPS) is 14.1. The molecule has 0 unspecified atom stereocenters. The molecule has 2 aromatic rings. The standard InChI is InChI=1S/C22H26N2O3/c1-17-7-6-10-20(18(17)2)27-16-22(26)24-13-11-23(12-14-24)21(25)15-19-8-4-3-5-9-19/h3-10H,11-16H2,1-2H3. The second-order valence-corrected chi connectivity index (χ2v) is 6.91. The molecule has 1 aliphatic rings. The van der Waals surface area contributed by atoms with Gasteiger partial charge in [0.05, 0.1) is 6.42 Å². The quantitative estimate of drug-likeness (QED) is 0.817. The summed E-state index contributed by atoms with van der Waals surface area (Å²) in [7, 11) is 0. The van der Waals surface area contributed by atoms with Gasteiger partial charge in [-0.2, -0.15) is 0 Å². The first-order valence-corrected chi connectivity index (χ1v) is 9.33. The van der Waals surface area contributed by atoms with E-state index < -0.39 is 0 Å². The van der Waals surface area contributed by atoms with E-state index in [4.69, 9.17) is 4.74 Å². The van der Waals surface area contributed by atoms with Crippen molar-refractivity contribution >= 4 is 11.8 Å². The zero-order valence-corrected chi connectivity index (χ0v) is 16.0. The average molecular weight is 366 g/mol. The SMILES string of the molecule is Cc1cccc(OCC(=O)N2CCN(C(=O)Cc3ccccc3)CC2)c1C. The van der Waals surface area contributed by atoms with E-state index in [-0.39, 0.29) is 18.4 Å². The lowest BCUT2D eigenvalue weighted by Crippen LogP contribution is -2.52. The van der Waals surface area contributed by atoms with Gasteiger partial charge in [0.15, 0.2) is 6.61 Å². The Morgan fingerprint density at radius 1 is 0.852 bits per heavy atom. The van der Waals surface area contributed by atoms with Crippen molar-refractivity contribution in [3.05, 3.63) is 65.2 Å². The fourth-order valence-corrected chi connectivity index (χ4v) is 3.20. The summed E-state index contributed by atoms with van der Waals surface area (Å²) in [6.07, 6.45) is 0.407. The minimum atomic E-state index is -0.0361. The van der Waals surface area contributed by atoms with Gasteiger partial charge >= 0.3 is 0 Å². The molecule has 3 rings (SSSR count). The van der Waals surface area contributed by atoms with Crippen molar-refractivity contribution in [3.63, 3.8) is 0 Å². The van der Waals surface area contributed by atoms with Crippen LogP contribution in [0.15, 0.2) is 48.5 Å². The van der Waals surface area contributed by atoms with Gasteiger partial charge in [-0.05, 0) is 36.6 Å². The monoisotopic (exact) mass is 366 g/mol. The number of benzene rings is 2. The summed E-state index contributed by atoms with van der Waals surface area (Å²) in [6.45, 7) is 6.29. The van der Waals surface area contributed by atoms with Gasteiger partial charge in [0.1, 0.15) is 5.75 Å². The summed E-state index contributed by atoms with van der Waals surface area (Å²) in [5.74, 6) is 0.825. The second kappa shape index (κ2) is 8.71. The van der Waals surface area contributed by atoms with E-state index in [0.717, 1.165) is 22.4 Å². The van der Waals surface area contributed by atoms with Crippen LogP contribution in [0.4, 0.5) is 0 Å². The van der Waals surface area contributed by atoms with Gasteiger partial charge in [-0.25, -0.2) is 0 Å². The van der Waals surface area contributed by atoms with Crippen LogP contribution in [0.2, 0.25) is 0 Å². The molecule has 2 amide bonds. The zero-order chi connectivity index (χ0) is 19.2. The molecule has 5 heteroatoms. The molecule has 1 fully saturated rings. The average Bonchev–Trinajstić information content (AvgIpc) is 2.70. The first-order chi connectivity index (χ1) is 13.0. The summed E-state index contributed by atoms with van der Waals surface area (Å²) >= 11 is 0. The van der Waals surface area contributed by atoms with E-state index in [1.807, 2.05) is 67.3 Å². The van der Waals surface area contributed by atoms with Crippen LogP contribution in [0.1, 0.15) is 16.7 Å². The predicted octanol–water partition coefficient (Wildman–Crippen LogP) is 2.60. The molecule has 0 atom stereocenters. The van der Waals surface area contributed by atoms with Crippen LogP contribution in [-0.2, 0) is 16.0 Å². The number of hydrogen-bond donors (Lipinski definition) is 0. The number of ether oxygens (including phenoxy) is 1. The molecule has 0 aromatic heterocycles. The molecule has 0 saturated carbocycles. The number of carbonyl (C=O) groups excluding carboxylic acids is 2. The summed E-state index contributed by atoms with van der Waals surface area (Å²) in [5.41, 5.74) is 3.22. The number of aryl methyl sites for hydroxylation is 1. The maximum absolute atomic E-state index is 12.4. The van der Waals surface area contributed by atoms with Gasteiger partial charge in [-0.3, -0.25) is 9.59 Å². The van der Waals surface area contributed by atoms with E-state index >= 15 is 0 Å². The zero-order valence-electron chi connectivity index (χ0n) is 16.0. The minimum Gasteiger partial charge on any atom is -0.483 e. The molecule has 27 heavy (non-hydrogen) atoms. The van der Waals surface area contributed by atoms with E-state index in [1.54, 1.807) is 4.90 Å². The van der Waals surface area contributed by atoms with Crippen molar-refractivity contribution in [3.8, 4) is 5.75 Å². The molecule has 0 spiro atoms. The Kier molecular flexibility index (Phi) is 6.12. The van der Waals surface area contributed by atoms with Crippen LogP contribution >= 0.6 is 0 Å². The van der Waals surface area contributed by atoms with Crippen molar-refractivity contribution in [2.45, 2.75) is 20.3 Å². The summed E-state index contributed by atoms with van der Waals surface area (Å²) < 4.78 is 5.71. The fraction of sp³-hybridized carbons (Fsp3) is 0.364. The highest BCUT2D eigenvalue weighted by Gasteiger charge is 2.24. The Morgan fingerprint density at radius 3 is 2.15 bits per heavy atom. The second-order valence-electron chi connectivity index (χ2n) is 6.91. The molecule has 0 aliphatic carbocycles. The van der Waals surface area contributed by atoms with Crippen molar-refractivity contribution in [1.29, 1.82) is 0 Å². The van der Waals surface area contributed by atoms with E-state index in [0.29, 0.717) is 32.6 Å². The smallest absolute Gasteiger partial charge is 0.260 e. The third-order valence-corrected chi connectivity index (χ3v) is 5.09. The number of hydrogen-bond acceptors (Lipinski definition) is 3. The van der Waals surface area contributed by atoms with Crippen LogP contribution in [-0.4, -0.2) is 54.4 Å². The van der Waals surface area contributed by atoms with Crippen LogP contribution in [0.5, 0.6) is 5.75 Å². The number of amides is 2. The first kappa shape index (κ1) is 19.0. The predicted molar refractivity (Wildman–Crippen MR) is 105 cm³/mol. The molecule has 2 aromatic carbocycles. The highest BCUT2D eigenvalue weighted by Crippen LogP contribution is 2.20. The highest BCUT2D eigenvalue weighted by molar-refractivity contribution is 5.80. The minimum absolute atomic E-state index is 0.0300. The summed E-state index contributed by atoms with van der Waals surface area (Å²) in [5, 5.41) is 0. The molecule has 0 bridgehead atoms. The van der Waals surface area contributed by atoms with Crippen molar-refractivity contribution in [2.24, 2.45) is 0 Å². The Hall–Kier alpha value is -2.82. The highest BCUT2D eigenvalue weighted by atomic mass is 16.5. The Labute approximate surface area is 160 Å². The molecule has 1 saturated heterocycles. The lowest BCUT2D eigenvalue weighted by Gasteiger charge is -2.34. The Morgan fingerprint density at radius 2 is 1.48 bits per heavy atom. The van der Waals surface area contributed by atoms with Crippen molar-refractivity contribution in [1.82, 2.24) is 9.80 Å². The molecule has 142 valence electrons. The molecule has 1 aliphatic heterocycles. The number of carbonyl (C=O) groups is 2. The molecule has 0 radical (unpaired) electrons. The Bertz CT molecular complexity index is 796. The lowest BCUT2D eigenvalue weighted by molar-refractivity contribution is -0.140. The molecule has 5 nitrogen and oxygen atoms in total. The van der Waals surface area contributed by atoms with Gasteiger partial charge < -0.3 is 14.5 Å². The number of rotatable bonds is 5. The summed E-state index contributed by atoms with van der Waals surface area (Å²) in [6, 6.07) is 15.6. The van der Waals surface area contributed by atoms with Crippen LogP contribution in [0.3, 0.4) is 0 Å². The van der Waals surface area contributed by atoms with E-state index in [1.165, 1.54) is 0 Å². The molecular weight excluding hydrogens is 340 g/mol. The van der Waals surface area contributed by atoms with Crippen LogP contribution in [0, 0.1) is 13.8 Å². The maximum Gasteiger partial charge on any atom is 0.260 e. The van der Waals surface area contributed by atoms with Crippen LogP contribution < -0.4 is 4.74 Å². The van der Waals surface area contributed by atoms with Gasteiger partial charge in [-0.15, -0.1) is 0 Å². The lowest BCUT2D eigenvalue weighted by atomic mass is 10.1. The third-order valence-electron chi connectivity index (χ3n) is 5.09. The van der Waals surface area contributed by atoms with Gasteiger partial charge in [0, 0.05) is 26.2 Å². The van der Waals surface area contributed by atoms with E-state index in [2.05, 4.69) is 0 Å². The maximum atomic E-state index is 12.4.